The largest absolute Gasteiger partial charge is 0.496 e. The molecular formula is C19H21N7O. The number of piperidine rings is 1. The predicted octanol–water partition coefficient (Wildman–Crippen LogP) is 2.98. The minimum absolute atomic E-state index is 0.447. The van der Waals surface area contributed by atoms with E-state index in [0.29, 0.717) is 6.04 Å². The summed E-state index contributed by atoms with van der Waals surface area (Å²) in [5, 5.41) is 20.5. The topological polar surface area (TPSA) is 92.7 Å². The number of hydrogen-bond donors (Lipinski definition) is 3. The van der Waals surface area contributed by atoms with E-state index < -0.39 is 0 Å². The Balaban J connectivity index is 1.53. The second-order valence-corrected chi connectivity index (χ2v) is 6.79. The van der Waals surface area contributed by atoms with Crippen molar-refractivity contribution >= 4 is 33.3 Å². The minimum Gasteiger partial charge on any atom is -0.496 e. The number of aromatic amines is 1. The summed E-state index contributed by atoms with van der Waals surface area (Å²) in [5.74, 6) is 1.52. The molecule has 0 aliphatic carbocycles. The molecule has 4 heterocycles. The van der Waals surface area contributed by atoms with Crippen LogP contribution in [0.2, 0.25) is 0 Å². The zero-order valence-corrected chi connectivity index (χ0v) is 15.1. The maximum Gasteiger partial charge on any atom is 0.157 e. The maximum atomic E-state index is 5.51. The molecule has 3 aromatic heterocycles. The van der Waals surface area contributed by atoms with Crippen LogP contribution in [0, 0.1) is 0 Å². The summed E-state index contributed by atoms with van der Waals surface area (Å²) in [7, 11) is 1.67. The van der Waals surface area contributed by atoms with Crippen molar-refractivity contribution < 1.29 is 4.74 Å². The van der Waals surface area contributed by atoms with Crippen LogP contribution in [0.1, 0.15) is 18.9 Å². The summed E-state index contributed by atoms with van der Waals surface area (Å²) in [6, 6.07) is 6.31. The third-order valence-electron chi connectivity index (χ3n) is 5.15. The number of ether oxygens (including phenoxy) is 1. The molecule has 27 heavy (non-hydrogen) atoms. The van der Waals surface area contributed by atoms with E-state index in [9.17, 15) is 0 Å². The monoisotopic (exact) mass is 363 g/mol. The molecule has 1 aliphatic heterocycles. The van der Waals surface area contributed by atoms with E-state index >= 15 is 0 Å². The highest BCUT2D eigenvalue weighted by Crippen LogP contribution is 2.34. The first kappa shape index (κ1) is 16.1. The molecular weight excluding hydrogens is 342 g/mol. The van der Waals surface area contributed by atoms with E-state index in [1.807, 2.05) is 30.6 Å². The van der Waals surface area contributed by atoms with Crippen molar-refractivity contribution in [2.24, 2.45) is 0 Å². The molecule has 4 aromatic rings. The molecule has 0 radical (unpaired) electrons. The highest BCUT2D eigenvalue weighted by Gasteiger charge is 2.17. The Morgan fingerprint density at radius 1 is 1.22 bits per heavy atom. The molecule has 8 heteroatoms. The number of fused-ring (bicyclic) bond motifs is 3. The lowest BCUT2D eigenvalue weighted by atomic mass is 10.1. The van der Waals surface area contributed by atoms with Crippen molar-refractivity contribution in [2.75, 3.05) is 25.5 Å². The third kappa shape index (κ3) is 2.78. The Morgan fingerprint density at radius 3 is 2.96 bits per heavy atom. The van der Waals surface area contributed by atoms with Crippen LogP contribution in [0.15, 0.2) is 36.8 Å². The number of methoxy groups -OCH3 is 1. The summed E-state index contributed by atoms with van der Waals surface area (Å²) in [5.41, 5.74) is 2.62. The first-order chi connectivity index (χ1) is 13.3. The number of pyridine rings is 1. The number of benzene rings is 1. The fraction of sp³-hybridized carbons (Fsp3) is 0.316. The zero-order chi connectivity index (χ0) is 18.2. The zero-order valence-electron chi connectivity index (χ0n) is 15.1. The highest BCUT2D eigenvalue weighted by atomic mass is 16.5. The second kappa shape index (κ2) is 6.55. The molecule has 138 valence electrons. The van der Waals surface area contributed by atoms with E-state index in [0.717, 1.165) is 65.0 Å². The average Bonchev–Trinajstić information content (AvgIpc) is 3.38. The van der Waals surface area contributed by atoms with E-state index in [-0.39, 0.29) is 0 Å². The van der Waals surface area contributed by atoms with Gasteiger partial charge in [0.2, 0.25) is 0 Å². The van der Waals surface area contributed by atoms with Crippen LogP contribution in [0.25, 0.3) is 21.8 Å². The number of hydrogen-bond acceptors (Lipinski definition) is 6. The smallest absolute Gasteiger partial charge is 0.157 e. The van der Waals surface area contributed by atoms with Gasteiger partial charge in [-0.25, -0.2) is 4.98 Å². The van der Waals surface area contributed by atoms with Crippen LogP contribution in [0.4, 0.5) is 11.5 Å². The van der Waals surface area contributed by atoms with Crippen molar-refractivity contribution in [3.8, 4) is 5.75 Å². The van der Waals surface area contributed by atoms with Gasteiger partial charge in [0.15, 0.2) is 5.82 Å². The van der Waals surface area contributed by atoms with Gasteiger partial charge in [0.05, 0.1) is 42.1 Å². The molecule has 1 aromatic carbocycles. The van der Waals surface area contributed by atoms with Crippen molar-refractivity contribution in [3.05, 3.63) is 36.8 Å². The molecule has 0 spiro atoms. The van der Waals surface area contributed by atoms with Crippen LogP contribution >= 0.6 is 0 Å². The average molecular weight is 363 g/mol. The second-order valence-electron chi connectivity index (χ2n) is 6.79. The van der Waals surface area contributed by atoms with Crippen molar-refractivity contribution in [1.82, 2.24) is 30.3 Å². The summed E-state index contributed by atoms with van der Waals surface area (Å²) in [4.78, 5) is 4.79. The van der Waals surface area contributed by atoms with Crippen LogP contribution in [-0.4, -0.2) is 45.2 Å². The SMILES string of the molecule is COc1cccc2nc(Nc3cnn(C4CCNCC4)c3)c3[nH]ncc3c12. The first-order valence-electron chi connectivity index (χ1n) is 9.15. The fourth-order valence-corrected chi connectivity index (χ4v) is 3.79. The van der Waals surface area contributed by atoms with Crippen LogP contribution in [0.3, 0.4) is 0 Å². The Labute approximate surface area is 155 Å². The van der Waals surface area contributed by atoms with Gasteiger partial charge in [-0.1, -0.05) is 6.07 Å². The maximum absolute atomic E-state index is 5.51. The lowest BCUT2D eigenvalue weighted by molar-refractivity contribution is 0.343. The number of rotatable bonds is 4. The minimum atomic E-state index is 0.447. The Bertz CT molecular complexity index is 1090. The first-order valence-corrected chi connectivity index (χ1v) is 9.15. The summed E-state index contributed by atoms with van der Waals surface area (Å²) in [6.07, 6.45) is 7.91. The van der Waals surface area contributed by atoms with Gasteiger partial charge in [0, 0.05) is 11.6 Å². The van der Waals surface area contributed by atoms with Gasteiger partial charge >= 0.3 is 0 Å². The molecule has 0 bridgehead atoms. The van der Waals surface area contributed by atoms with E-state index in [1.165, 1.54) is 0 Å². The van der Waals surface area contributed by atoms with Gasteiger partial charge in [0.1, 0.15) is 11.3 Å². The van der Waals surface area contributed by atoms with Gasteiger partial charge < -0.3 is 15.4 Å². The molecule has 0 saturated carbocycles. The van der Waals surface area contributed by atoms with Crippen LogP contribution in [0.5, 0.6) is 5.75 Å². The molecule has 0 unspecified atom stereocenters. The third-order valence-corrected chi connectivity index (χ3v) is 5.15. The summed E-state index contributed by atoms with van der Waals surface area (Å²) < 4.78 is 7.57. The van der Waals surface area contributed by atoms with E-state index in [1.54, 1.807) is 7.11 Å². The molecule has 8 nitrogen and oxygen atoms in total. The van der Waals surface area contributed by atoms with Gasteiger partial charge in [0.25, 0.3) is 0 Å². The molecule has 0 amide bonds. The summed E-state index contributed by atoms with van der Waals surface area (Å²) in [6.45, 7) is 2.08. The van der Waals surface area contributed by atoms with Crippen LogP contribution in [-0.2, 0) is 0 Å². The number of nitrogens with zero attached hydrogens (tertiary/aromatic N) is 4. The standard InChI is InChI=1S/C19H21N7O/c1-27-16-4-2-3-15-17(16)14-10-21-25-18(14)19(24-15)23-12-9-22-26(11-12)13-5-7-20-8-6-13/h2-4,9-11,13,20H,5-8H2,1H3,(H,21,25)(H,23,24). The Kier molecular flexibility index (Phi) is 3.90. The van der Waals surface area contributed by atoms with Crippen molar-refractivity contribution in [2.45, 2.75) is 18.9 Å². The quantitative estimate of drug-likeness (QED) is 0.516. The fourth-order valence-electron chi connectivity index (χ4n) is 3.79. The van der Waals surface area contributed by atoms with Gasteiger partial charge in [-0.3, -0.25) is 9.78 Å². The number of anilines is 2. The molecule has 0 atom stereocenters. The normalized spacial score (nSPS) is 15.4. The van der Waals surface area contributed by atoms with E-state index in [4.69, 9.17) is 9.72 Å². The lowest BCUT2D eigenvalue weighted by Gasteiger charge is -2.22. The van der Waals surface area contributed by atoms with Crippen molar-refractivity contribution in [1.29, 1.82) is 0 Å². The number of aromatic nitrogens is 5. The molecule has 1 aliphatic rings. The van der Waals surface area contributed by atoms with Gasteiger partial charge in [-0.2, -0.15) is 10.2 Å². The Hall–Kier alpha value is -3.13. The highest BCUT2D eigenvalue weighted by molar-refractivity contribution is 6.11. The summed E-state index contributed by atoms with van der Waals surface area (Å²) >= 11 is 0. The van der Waals surface area contributed by atoms with Gasteiger partial charge in [-0.05, 0) is 38.1 Å². The lowest BCUT2D eigenvalue weighted by Crippen LogP contribution is -2.29. The number of H-pyrrole nitrogens is 1. The predicted molar refractivity (Wildman–Crippen MR) is 105 cm³/mol. The van der Waals surface area contributed by atoms with Gasteiger partial charge in [-0.15, -0.1) is 0 Å². The Morgan fingerprint density at radius 2 is 2.11 bits per heavy atom. The molecule has 3 N–H and O–H groups in total. The van der Waals surface area contributed by atoms with E-state index in [2.05, 4.69) is 36.8 Å². The van der Waals surface area contributed by atoms with Crippen LogP contribution < -0.4 is 15.4 Å². The molecule has 5 rings (SSSR count). The molecule has 1 saturated heterocycles. The molecule has 1 fully saturated rings. The number of nitrogens with one attached hydrogen (secondary N) is 3. The van der Waals surface area contributed by atoms with Crippen molar-refractivity contribution in [3.63, 3.8) is 0 Å².